The van der Waals surface area contributed by atoms with Crippen LogP contribution in [0.5, 0.6) is 11.5 Å². The van der Waals surface area contributed by atoms with E-state index < -0.39 is 6.10 Å². The summed E-state index contributed by atoms with van der Waals surface area (Å²) in [5.74, 6) is 1.28. The van der Waals surface area contributed by atoms with Gasteiger partial charge in [0, 0.05) is 6.54 Å². The van der Waals surface area contributed by atoms with Gasteiger partial charge in [0.05, 0.1) is 19.3 Å². The average molecular weight is 225 g/mol. The Morgan fingerprint density at radius 3 is 2.50 bits per heavy atom. The summed E-state index contributed by atoms with van der Waals surface area (Å²) in [6, 6.07) is 5.32. The number of hydrogen-bond acceptors (Lipinski definition) is 4. The van der Waals surface area contributed by atoms with Gasteiger partial charge >= 0.3 is 0 Å². The largest absolute Gasteiger partial charge is 0.493 e. The van der Waals surface area contributed by atoms with Gasteiger partial charge in [-0.25, -0.2) is 0 Å². The molecule has 0 amide bonds. The van der Waals surface area contributed by atoms with Gasteiger partial charge in [0.25, 0.3) is 0 Å². The van der Waals surface area contributed by atoms with E-state index in [4.69, 9.17) is 15.2 Å². The number of ether oxygens (including phenoxy) is 2. The molecule has 1 aromatic carbocycles. The second kappa shape index (κ2) is 5.72. The summed E-state index contributed by atoms with van der Waals surface area (Å²) in [6.07, 6.45) is -0.582. The molecule has 1 atom stereocenters. The van der Waals surface area contributed by atoms with Crippen LogP contribution in [-0.4, -0.2) is 24.9 Å². The number of aliphatic hydroxyl groups excluding tert-OH is 1. The molecule has 90 valence electrons. The van der Waals surface area contributed by atoms with Crippen LogP contribution in [0.2, 0.25) is 0 Å². The molecule has 4 heteroatoms. The molecule has 0 saturated heterocycles. The first-order valence-electron chi connectivity index (χ1n) is 5.31. The molecule has 0 heterocycles. The summed E-state index contributed by atoms with van der Waals surface area (Å²) in [7, 11) is 1.57. The van der Waals surface area contributed by atoms with Crippen LogP contribution in [0, 0.1) is 0 Å². The summed E-state index contributed by atoms with van der Waals surface area (Å²) in [5.41, 5.74) is 6.12. The highest BCUT2D eigenvalue weighted by Crippen LogP contribution is 2.30. The minimum absolute atomic E-state index is 0.0826. The maximum absolute atomic E-state index is 9.60. The standard InChI is InChI=1S/C12H19NO3/c1-8(2)16-11-5-4-9(10(14)7-13)6-12(11)15-3/h4-6,8,10,14H,7,13H2,1-3H3/t10-/m0/s1. The Morgan fingerprint density at radius 2 is 2.00 bits per heavy atom. The van der Waals surface area contributed by atoms with Crippen molar-refractivity contribution in [3.63, 3.8) is 0 Å². The lowest BCUT2D eigenvalue weighted by Crippen LogP contribution is -2.12. The van der Waals surface area contributed by atoms with Gasteiger partial charge in [-0.15, -0.1) is 0 Å². The number of benzene rings is 1. The quantitative estimate of drug-likeness (QED) is 0.796. The SMILES string of the molecule is COc1cc([C@@H](O)CN)ccc1OC(C)C. The van der Waals surface area contributed by atoms with E-state index in [1.54, 1.807) is 25.3 Å². The van der Waals surface area contributed by atoms with E-state index in [2.05, 4.69) is 0 Å². The van der Waals surface area contributed by atoms with Crippen molar-refractivity contribution < 1.29 is 14.6 Å². The van der Waals surface area contributed by atoms with Gasteiger partial charge in [0.2, 0.25) is 0 Å². The van der Waals surface area contributed by atoms with Gasteiger partial charge in [-0.2, -0.15) is 0 Å². The monoisotopic (exact) mass is 225 g/mol. The third-order valence-electron chi connectivity index (χ3n) is 2.16. The Balaban J connectivity index is 2.97. The van der Waals surface area contributed by atoms with E-state index >= 15 is 0 Å². The number of methoxy groups -OCH3 is 1. The molecule has 4 nitrogen and oxygen atoms in total. The Bertz CT molecular complexity index is 339. The molecule has 0 unspecified atom stereocenters. The fraction of sp³-hybridized carbons (Fsp3) is 0.500. The van der Waals surface area contributed by atoms with Gasteiger partial charge < -0.3 is 20.3 Å². The lowest BCUT2D eigenvalue weighted by atomic mass is 10.1. The Kier molecular flexibility index (Phi) is 4.58. The number of rotatable bonds is 5. The zero-order valence-electron chi connectivity index (χ0n) is 9.93. The summed E-state index contributed by atoms with van der Waals surface area (Å²) < 4.78 is 10.8. The Labute approximate surface area is 96.0 Å². The molecule has 0 radical (unpaired) electrons. The highest BCUT2D eigenvalue weighted by Gasteiger charge is 2.11. The predicted octanol–water partition coefficient (Wildman–Crippen LogP) is 1.47. The van der Waals surface area contributed by atoms with Gasteiger partial charge in [-0.05, 0) is 31.5 Å². The molecule has 3 N–H and O–H groups in total. The van der Waals surface area contributed by atoms with Gasteiger partial charge in [-0.1, -0.05) is 6.07 Å². The van der Waals surface area contributed by atoms with Crippen molar-refractivity contribution in [3.8, 4) is 11.5 Å². The molecule has 0 aromatic heterocycles. The smallest absolute Gasteiger partial charge is 0.161 e. The normalized spacial score (nSPS) is 12.6. The van der Waals surface area contributed by atoms with Crippen LogP contribution >= 0.6 is 0 Å². The van der Waals surface area contributed by atoms with Crippen LogP contribution in [0.3, 0.4) is 0 Å². The van der Waals surface area contributed by atoms with Crippen molar-refractivity contribution in [2.45, 2.75) is 26.1 Å². The van der Waals surface area contributed by atoms with Crippen molar-refractivity contribution in [2.24, 2.45) is 5.73 Å². The van der Waals surface area contributed by atoms with Crippen molar-refractivity contribution in [3.05, 3.63) is 23.8 Å². The van der Waals surface area contributed by atoms with Crippen molar-refractivity contribution in [1.82, 2.24) is 0 Å². The van der Waals surface area contributed by atoms with Crippen molar-refractivity contribution in [2.75, 3.05) is 13.7 Å². The fourth-order valence-corrected chi connectivity index (χ4v) is 1.38. The maximum Gasteiger partial charge on any atom is 0.161 e. The minimum Gasteiger partial charge on any atom is -0.493 e. The predicted molar refractivity (Wildman–Crippen MR) is 62.8 cm³/mol. The van der Waals surface area contributed by atoms with E-state index in [1.165, 1.54) is 0 Å². The molecule has 0 aliphatic carbocycles. The summed E-state index contributed by atoms with van der Waals surface area (Å²) in [6.45, 7) is 4.08. The first kappa shape index (κ1) is 12.8. The number of aliphatic hydroxyl groups is 1. The summed E-state index contributed by atoms with van der Waals surface area (Å²) >= 11 is 0. The zero-order chi connectivity index (χ0) is 12.1. The topological polar surface area (TPSA) is 64.7 Å². The molecular formula is C12H19NO3. The van der Waals surface area contributed by atoms with Crippen LogP contribution < -0.4 is 15.2 Å². The second-order valence-corrected chi connectivity index (χ2v) is 3.83. The molecule has 0 aliphatic rings. The molecule has 16 heavy (non-hydrogen) atoms. The second-order valence-electron chi connectivity index (χ2n) is 3.83. The van der Waals surface area contributed by atoms with E-state index in [9.17, 15) is 5.11 Å². The molecule has 0 saturated carbocycles. The number of nitrogens with two attached hydrogens (primary N) is 1. The van der Waals surface area contributed by atoms with Crippen LogP contribution in [0.1, 0.15) is 25.5 Å². The number of hydrogen-bond donors (Lipinski definition) is 2. The molecular weight excluding hydrogens is 206 g/mol. The lowest BCUT2D eigenvalue weighted by Gasteiger charge is -2.16. The molecule has 0 spiro atoms. The molecule has 0 aliphatic heterocycles. The zero-order valence-corrected chi connectivity index (χ0v) is 9.93. The van der Waals surface area contributed by atoms with Crippen LogP contribution in [0.15, 0.2) is 18.2 Å². The molecule has 0 fully saturated rings. The Hall–Kier alpha value is -1.26. The van der Waals surface area contributed by atoms with Crippen LogP contribution in [0.25, 0.3) is 0 Å². The minimum atomic E-state index is -0.665. The summed E-state index contributed by atoms with van der Waals surface area (Å²) in [5, 5.41) is 9.60. The van der Waals surface area contributed by atoms with Crippen molar-refractivity contribution in [1.29, 1.82) is 0 Å². The van der Waals surface area contributed by atoms with Crippen LogP contribution in [-0.2, 0) is 0 Å². The first-order valence-corrected chi connectivity index (χ1v) is 5.31. The average Bonchev–Trinajstić information content (AvgIpc) is 2.27. The third-order valence-corrected chi connectivity index (χ3v) is 2.16. The van der Waals surface area contributed by atoms with Gasteiger partial charge in [0.1, 0.15) is 0 Å². The highest BCUT2D eigenvalue weighted by molar-refractivity contribution is 5.43. The Morgan fingerprint density at radius 1 is 1.31 bits per heavy atom. The van der Waals surface area contributed by atoms with E-state index in [0.29, 0.717) is 11.5 Å². The third kappa shape index (κ3) is 3.12. The maximum atomic E-state index is 9.60. The van der Waals surface area contributed by atoms with E-state index in [1.807, 2.05) is 13.8 Å². The molecule has 1 aromatic rings. The van der Waals surface area contributed by atoms with Crippen LogP contribution in [0.4, 0.5) is 0 Å². The van der Waals surface area contributed by atoms with Gasteiger partial charge in [-0.3, -0.25) is 0 Å². The van der Waals surface area contributed by atoms with Gasteiger partial charge in [0.15, 0.2) is 11.5 Å². The molecule has 0 bridgehead atoms. The highest BCUT2D eigenvalue weighted by atomic mass is 16.5. The van der Waals surface area contributed by atoms with E-state index in [-0.39, 0.29) is 12.6 Å². The van der Waals surface area contributed by atoms with Crippen molar-refractivity contribution >= 4 is 0 Å². The molecule has 1 rings (SSSR count). The van der Waals surface area contributed by atoms with E-state index in [0.717, 1.165) is 5.56 Å². The fourth-order valence-electron chi connectivity index (χ4n) is 1.38. The first-order chi connectivity index (χ1) is 7.58. The lowest BCUT2D eigenvalue weighted by molar-refractivity contribution is 0.185. The summed E-state index contributed by atoms with van der Waals surface area (Å²) in [4.78, 5) is 0.